The molecule has 0 radical (unpaired) electrons. The highest BCUT2D eigenvalue weighted by molar-refractivity contribution is 5.90. The van der Waals surface area contributed by atoms with Crippen molar-refractivity contribution in [3.63, 3.8) is 0 Å². The lowest BCUT2D eigenvalue weighted by atomic mass is 9.97. The summed E-state index contributed by atoms with van der Waals surface area (Å²) < 4.78 is 10.2. The first-order valence-electron chi connectivity index (χ1n) is 9.00. The van der Waals surface area contributed by atoms with E-state index >= 15 is 0 Å². The van der Waals surface area contributed by atoms with E-state index in [4.69, 9.17) is 9.47 Å². The maximum absolute atomic E-state index is 13.1. The van der Waals surface area contributed by atoms with Crippen molar-refractivity contribution in [2.75, 3.05) is 26.3 Å². The van der Waals surface area contributed by atoms with E-state index in [0.717, 1.165) is 25.7 Å². The molecule has 2 unspecified atom stereocenters. The molecule has 0 spiro atoms. The first-order chi connectivity index (χ1) is 11.6. The molecule has 0 aromatic carbocycles. The first kappa shape index (κ1) is 18.5. The Morgan fingerprint density at radius 1 is 0.833 bits per heavy atom. The molecule has 2 fully saturated rings. The van der Waals surface area contributed by atoms with E-state index in [1.807, 2.05) is 0 Å². The lowest BCUT2D eigenvalue weighted by molar-refractivity contribution is -0.158. The van der Waals surface area contributed by atoms with E-state index in [1.165, 1.54) is 4.90 Å². The van der Waals surface area contributed by atoms with E-state index in [1.54, 1.807) is 18.7 Å². The van der Waals surface area contributed by atoms with Crippen LogP contribution in [0.3, 0.4) is 0 Å². The predicted octanol–water partition coefficient (Wildman–Crippen LogP) is 1.94. The van der Waals surface area contributed by atoms with Gasteiger partial charge in [0.05, 0.1) is 13.2 Å². The van der Waals surface area contributed by atoms with E-state index in [0.29, 0.717) is 32.5 Å². The fourth-order valence-electron chi connectivity index (χ4n) is 3.48. The number of carbonyl (C=O) groups excluding carboxylic acids is 3. The van der Waals surface area contributed by atoms with Gasteiger partial charge in [-0.2, -0.15) is 0 Å². The Hall–Kier alpha value is -1.79. The summed E-state index contributed by atoms with van der Waals surface area (Å²) in [5.74, 6) is -0.496. The van der Waals surface area contributed by atoms with Crippen molar-refractivity contribution in [3.8, 4) is 0 Å². The summed E-state index contributed by atoms with van der Waals surface area (Å²) in [5, 5.41) is 0. The number of piperidine rings is 2. The van der Waals surface area contributed by atoms with Gasteiger partial charge in [-0.05, 0) is 52.4 Å². The second kappa shape index (κ2) is 8.89. The maximum Gasteiger partial charge on any atom is 0.410 e. The number of rotatable bonds is 4. The number of likely N-dealkylation sites (tertiary alicyclic amines) is 2. The number of nitrogens with zero attached hydrogens (tertiary/aromatic N) is 2. The van der Waals surface area contributed by atoms with Gasteiger partial charge in [-0.25, -0.2) is 9.59 Å². The minimum atomic E-state index is -0.534. The summed E-state index contributed by atoms with van der Waals surface area (Å²) in [6.45, 7) is 5.15. The molecule has 136 valence electrons. The Labute approximate surface area is 143 Å². The van der Waals surface area contributed by atoms with E-state index < -0.39 is 18.2 Å². The number of amides is 2. The zero-order chi connectivity index (χ0) is 17.5. The van der Waals surface area contributed by atoms with Gasteiger partial charge in [0, 0.05) is 13.1 Å². The highest BCUT2D eigenvalue weighted by Crippen LogP contribution is 2.25. The normalized spacial score (nSPS) is 24.4. The van der Waals surface area contributed by atoms with Crippen LogP contribution in [0.1, 0.15) is 52.4 Å². The quantitative estimate of drug-likeness (QED) is 0.731. The van der Waals surface area contributed by atoms with Crippen molar-refractivity contribution in [1.29, 1.82) is 0 Å². The third-order valence-electron chi connectivity index (χ3n) is 4.63. The second-order valence-electron chi connectivity index (χ2n) is 6.20. The van der Waals surface area contributed by atoms with Gasteiger partial charge in [-0.3, -0.25) is 9.69 Å². The fourth-order valence-corrected chi connectivity index (χ4v) is 3.48. The fraction of sp³-hybridized carbons (Fsp3) is 0.824. The molecule has 2 aliphatic rings. The Morgan fingerprint density at radius 3 is 2.04 bits per heavy atom. The minimum Gasteiger partial charge on any atom is -0.464 e. The molecule has 2 amide bonds. The molecule has 7 heteroatoms. The number of hydrogen-bond acceptors (Lipinski definition) is 5. The van der Waals surface area contributed by atoms with Gasteiger partial charge in [-0.1, -0.05) is 0 Å². The topological polar surface area (TPSA) is 76.2 Å². The van der Waals surface area contributed by atoms with Gasteiger partial charge in [0.1, 0.15) is 12.1 Å². The van der Waals surface area contributed by atoms with Crippen LogP contribution in [-0.2, 0) is 19.1 Å². The SMILES string of the molecule is CCOC(=O)C1CCCCN1C(=O)C1CCCCN1C(=O)OCC. The molecular weight excluding hydrogens is 312 g/mol. The molecule has 2 heterocycles. The molecule has 0 N–H and O–H groups in total. The van der Waals surface area contributed by atoms with Crippen LogP contribution in [0.15, 0.2) is 0 Å². The van der Waals surface area contributed by atoms with Crippen molar-refractivity contribution >= 4 is 18.0 Å². The molecule has 0 bridgehead atoms. The molecular formula is C17H28N2O5. The number of esters is 1. The van der Waals surface area contributed by atoms with Gasteiger partial charge >= 0.3 is 12.1 Å². The lowest BCUT2D eigenvalue weighted by Crippen LogP contribution is -2.58. The van der Waals surface area contributed by atoms with Gasteiger partial charge in [0.25, 0.3) is 0 Å². The van der Waals surface area contributed by atoms with Crippen LogP contribution in [0.25, 0.3) is 0 Å². The molecule has 0 aromatic rings. The van der Waals surface area contributed by atoms with Crippen LogP contribution in [-0.4, -0.2) is 66.2 Å². The predicted molar refractivity (Wildman–Crippen MR) is 87.4 cm³/mol. The minimum absolute atomic E-state index is 0.152. The van der Waals surface area contributed by atoms with Gasteiger partial charge in [-0.15, -0.1) is 0 Å². The summed E-state index contributed by atoms with van der Waals surface area (Å²) in [5.41, 5.74) is 0. The zero-order valence-corrected chi connectivity index (χ0v) is 14.7. The molecule has 0 aromatic heterocycles. The van der Waals surface area contributed by atoms with Gasteiger partial charge in [0.15, 0.2) is 0 Å². The van der Waals surface area contributed by atoms with Crippen molar-refractivity contribution in [2.24, 2.45) is 0 Å². The smallest absolute Gasteiger partial charge is 0.410 e. The van der Waals surface area contributed by atoms with Crippen LogP contribution in [0.5, 0.6) is 0 Å². The number of hydrogen-bond donors (Lipinski definition) is 0. The van der Waals surface area contributed by atoms with E-state index in [2.05, 4.69) is 0 Å². The van der Waals surface area contributed by atoms with E-state index in [9.17, 15) is 14.4 Å². The van der Waals surface area contributed by atoms with Crippen molar-refractivity contribution in [1.82, 2.24) is 9.80 Å². The summed E-state index contributed by atoms with van der Waals surface area (Å²) in [6, 6.07) is -1.06. The molecule has 0 aliphatic carbocycles. The van der Waals surface area contributed by atoms with Crippen molar-refractivity contribution in [3.05, 3.63) is 0 Å². The molecule has 2 atom stereocenters. The lowest BCUT2D eigenvalue weighted by Gasteiger charge is -2.40. The number of ether oxygens (including phenoxy) is 2. The Kier molecular flexibility index (Phi) is 6.87. The maximum atomic E-state index is 13.1. The average Bonchev–Trinajstić information content (AvgIpc) is 2.61. The van der Waals surface area contributed by atoms with Crippen LogP contribution < -0.4 is 0 Å². The second-order valence-corrected chi connectivity index (χ2v) is 6.20. The highest BCUT2D eigenvalue weighted by atomic mass is 16.6. The third kappa shape index (κ3) is 4.19. The van der Waals surface area contributed by atoms with Crippen molar-refractivity contribution in [2.45, 2.75) is 64.5 Å². The highest BCUT2D eigenvalue weighted by Gasteiger charge is 2.40. The van der Waals surface area contributed by atoms with Crippen LogP contribution >= 0.6 is 0 Å². The summed E-state index contributed by atoms with van der Waals surface area (Å²) in [6.07, 6.45) is 4.32. The van der Waals surface area contributed by atoms with Crippen molar-refractivity contribution < 1.29 is 23.9 Å². The average molecular weight is 340 g/mol. The Morgan fingerprint density at radius 2 is 1.42 bits per heavy atom. The van der Waals surface area contributed by atoms with Gasteiger partial charge in [0.2, 0.25) is 5.91 Å². The number of carbonyl (C=O) groups is 3. The summed E-state index contributed by atoms with van der Waals surface area (Å²) in [7, 11) is 0. The third-order valence-corrected chi connectivity index (χ3v) is 4.63. The van der Waals surface area contributed by atoms with Crippen LogP contribution in [0.2, 0.25) is 0 Å². The molecule has 7 nitrogen and oxygen atoms in total. The molecule has 2 saturated heterocycles. The van der Waals surface area contributed by atoms with Gasteiger partial charge < -0.3 is 14.4 Å². The standard InChI is InChI=1S/C17H28N2O5/c1-3-23-16(21)14-10-6-7-11-18(14)15(20)13-9-5-8-12-19(13)17(22)24-4-2/h13-14H,3-12H2,1-2H3. The first-order valence-corrected chi connectivity index (χ1v) is 9.00. The van der Waals surface area contributed by atoms with E-state index in [-0.39, 0.29) is 18.5 Å². The molecule has 2 rings (SSSR count). The largest absolute Gasteiger partial charge is 0.464 e. The molecule has 24 heavy (non-hydrogen) atoms. The summed E-state index contributed by atoms with van der Waals surface area (Å²) >= 11 is 0. The monoisotopic (exact) mass is 340 g/mol. The van der Waals surface area contributed by atoms with Crippen LogP contribution in [0.4, 0.5) is 4.79 Å². The Balaban J connectivity index is 2.13. The molecule has 2 aliphatic heterocycles. The Bertz CT molecular complexity index is 428. The summed E-state index contributed by atoms with van der Waals surface area (Å²) in [4.78, 5) is 40.5. The zero-order valence-electron chi connectivity index (χ0n) is 14.7. The van der Waals surface area contributed by atoms with Crippen LogP contribution in [0, 0.1) is 0 Å². The molecule has 0 saturated carbocycles.